The number of likely N-dealkylation sites (tertiary alicyclic amines) is 1. The summed E-state index contributed by atoms with van der Waals surface area (Å²) in [4.78, 5) is 18.7. The van der Waals surface area contributed by atoms with Gasteiger partial charge in [0.05, 0.1) is 5.02 Å². The molecule has 0 radical (unpaired) electrons. The number of nitrogens with one attached hydrogen (secondary N) is 2. The average molecular weight is 565 g/mol. The van der Waals surface area contributed by atoms with Crippen LogP contribution >= 0.6 is 35.6 Å². The second-order valence-electron chi connectivity index (χ2n) is 7.58. The third-order valence-corrected chi connectivity index (χ3v) is 5.52. The van der Waals surface area contributed by atoms with Crippen LogP contribution in [0, 0.1) is 0 Å². The van der Waals surface area contributed by atoms with Crippen molar-refractivity contribution in [3.05, 3.63) is 22.7 Å². The zero-order valence-corrected chi connectivity index (χ0v) is 21.3. The van der Waals surface area contributed by atoms with Crippen LogP contribution in [0.1, 0.15) is 44.6 Å². The molecular weight excluding hydrogens is 531 g/mol. The van der Waals surface area contributed by atoms with Crippen LogP contribution < -0.4 is 20.1 Å². The highest BCUT2D eigenvalue weighted by Crippen LogP contribution is 2.38. The van der Waals surface area contributed by atoms with E-state index in [-0.39, 0.29) is 24.0 Å². The van der Waals surface area contributed by atoms with Gasteiger partial charge in [-0.25, -0.2) is 0 Å². The lowest BCUT2D eigenvalue weighted by Gasteiger charge is -2.20. The summed E-state index contributed by atoms with van der Waals surface area (Å²) in [6.45, 7) is 7.02. The summed E-state index contributed by atoms with van der Waals surface area (Å²) in [6, 6.07) is 3.92. The Morgan fingerprint density at radius 2 is 2.03 bits per heavy atom. The molecule has 2 aliphatic heterocycles. The van der Waals surface area contributed by atoms with Crippen LogP contribution in [0.15, 0.2) is 17.1 Å². The van der Waals surface area contributed by atoms with Gasteiger partial charge in [-0.2, -0.15) is 0 Å². The maximum Gasteiger partial charge on any atom is 0.222 e. The minimum atomic E-state index is 0. The number of rotatable bonds is 8. The van der Waals surface area contributed by atoms with E-state index in [1.807, 2.05) is 24.0 Å². The zero-order valence-electron chi connectivity index (χ0n) is 18.3. The first-order chi connectivity index (χ1) is 14.7. The number of carbonyl (C=O) groups excluding carboxylic acids is 1. The Morgan fingerprint density at radius 3 is 2.87 bits per heavy atom. The van der Waals surface area contributed by atoms with Crippen LogP contribution in [0.25, 0.3) is 0 Å². The van der Waals surface area contributed by atoms with Crippen molar-refractivity contribution >= 4 is 47.4 Å². The number of hydrogen-bond acceptors (Lipinski definition) is 4. The van der Waals surface area contributed by atoms with Crippen molar-refractivity contribution in [3.8, 4) is 11.5 Å². The summed E-state index contributed by atoms with van der Waals surface area (Å²) in [6.07, 6.45) is 5.66. The number of carbonyl (C=O) groups is 1. The van der Waals surface area contributed by atoms with Gasteiger partial charge in [0.1, 0.15) is 13.2 Å². The Balaban J connectivity index is 0.00000341. The highest BCUT2D eigenvalue weighted by Gasteiger charge is 2.17. The molecule has 31 heavy (non-hydrogen) atoms. The fraction of sp³-hybridized carbons (Fsp3) is 0.636. The standard InChI is InChI=1S/C22H33ClN4O3.HI/c1-2-24-22(25-9-6-12-27-11-5-3-4-7-20(27)28)26-10-8-17-15-18(23)21-19(16-17)29-13-14-30-21;/h15-16H,2-14H2,1H3,(H2,24,25,26);1H. The van der Waals surface area contributed by atoms with Gasteiger partial charge in [-0.1, -0.05) is 18.0 Å². The van der Waals surface area contributed by atoms with E-state index in [2.05, 4.69) is 15.6 Å². The molecule has 0 atom stereocenters. The molecular formula is C22H34ClIN4O3. The van der Waals surface area contributed by atoms with Crippen LogP contribution in [-0.4, -0.2) is 62.7 Å². The highest BCUT2D eigenvalue weighted by molar-refractivity contribution is 14.0. The number of benzene rings is 1. The van der Waals surface area contributed by atoms with Crippen LogP contribution in [0.4, 0.5) is 0 Å². The van der Waals surface area contributed by atoms with E-state index in [0.717, 1.165) is 69.8 Å². The fourth-order valence-corrected chi connectivity index (χ4v) is 3.99. The molecule has 2 N–H and O–H groups in total. The number of guanidine groups is 1. The molecule has 0 spiro atoms. The zero-order chi connectivity index (χ0) is 21.2. The highest BCUT2D eigenvalue weighted by atomic mass is 127. The van der Waals surface area contributed by atoms with E-state index in [1.165, 1.54) is 0 Å². The second-order valence-corrected chi connectivity index (χ2v) is 7.99. The molecule has 1 aromatic carbocycles. The van der Waals surface area contributed by atoms with Crippen molar-refractivity contribution in [2.75, 3.05) is 45.9 Å². The van der Waals surface area contributed by atoms with Crippen LogP contribution in [-0.2, 0) is 11.2 Å². The Labute approximate surface area is 207 Å². The summed E-state index contributed by atoms with van der Waals surface area (Å²) >= 11 is 6.32. The van der Waals surface area contributed by atoms with Gasteiger partial charge in [0.15, 0.2) is 17.5 Å². The number of fused-ring (bicyclic) bond motifs is 1. The van der Waals surface area contributed by atoms with Gasteiger partial charge in [0.25, 0.3) is 0 Å². The number of aliphatic imine (C=N–C) groups is 1. The predicted molar refractivity (Wildman–Crippen MR) is 135 cm³/mol. The predicted octanol–water partition coefficient (Wildman–Crippen LogP) is 3.62. The topological polar surface area (TPSA) is 75.2 Å². The summed E-state index contributed by atoms with van der Waals surface area (Å²) in [5.74, 6) is 2.44. The van der Waals surface area contributed by atoms with E-state index in [9.17, 15) is 4.79 Å². The van der Waals surface area contributed by atoms with Crippen molar-refractivity contribution in [2.45, 2.75) is 45.4 Å². The normalized spacial score (nSPS) is 16.4. The summed E-state index contributed by atoms with van der Waals surface area (Å²) in [5, 5.41) is 7.23. The lowest BCUT2D eigenvalue weighted by molar-refractivity contribution is -0.130. The minimum absolute atomic E-state index is 0. The van der Waals surface area contributed by atoms with Crippen LogP contribution in [0.2, 0.25) is 5.02 Å². The van der Waals surface area contributed by atoms with E-state index < -0.39 is 0 Å². The Hall–Kier alpha value is -1.42. The molecule has 2 aliphatic rings. The quantitative estimate of drug-likeness (QED) is 0.218. The molecule has 0 unspecified atom stereocenters. The molecule has 0 aromatic heterocycles. The fourth-order valence-electron chi connectivity index (χ4n) is 3.70. The molecule has 3 rings (SSSR count). The number of ether oxygens (including phenoxy) is 2. The van der Waals surface area contributed by atoms with Crippen molar-refractivity contribution in [2.24, 2.45) is 4.99 Å². The lowest BCUT2D eigenvalue weighted by atomic mass is 10.1. The Morgan fingerprint density at radius 1 is 1.19 bits per heavy atom. The number of hydrogen-bond donors (Lipinski definition) is 2. The smallest absolute Gasteiger partial charge is 0.222 e. The number of nitrogens with zero attached hydrogens (tertiary/aromatic N) is 2. The van der Waals surface area contributed by atoms with Crippen LogP contribution in [0.3, 0.4) is 0 Å². The van der Waals surface area contributed by atoms with E-state index >= 15 is 0 Å². The molecule has 0 aliphatic carbocycles. The van der Waals surface area contributed by atoms with Gasteiger partial charge < -0.3 is 25.0 Å². The molecule has 1 aromatic rings. The van der Waals surface area contributed by atoms with Gasteiger partial charge in [0.2, 0.25) is 5.91 Å². The summed E-state index contributed by atoms with van der Waals surface area (Å²) in [7, 11) is 0. The molecule has 1 saturated heterocycles. The van der Waals surface area contributed by atoms with E-state index in [1.54, 1.807) is 0 Å². The molecule has 1 fully saturated rings. The first kappa shape index (κ1) is 25.8. The van der Waals surface area contributed by atoms with Gasteiger partial charge >= 0.3 is 0 Å². The summed E-state index contributed by atoms with van der Waals surface area (Å²) in [5.41, 5.74) is 1.09. The first-order valence-electron chi connectivity index (χ1n) is 11.1. The molecule has 1 amide bonds. The molecule has 9 heteroatoms. The maximum absolute atomic E-state index is 12.1. The third-order valence-electron chi connectivity index (χ3n) is 5.23. The first-order valence-corrected chi connectivity index (χ1v) is 11.4. The molecule has 2 heterocycles. The second kappa shape index (κ2) is 13.9. The molecule has 174 valence electrons. The average Bonchev–Trinajstić information content (AvgIpc) is 2.95. The van der Waals surface area contributed by atoms with Crippen molar-refractivity contribution in [1.82, 2.24) is 15.5 Å². The molecule has 0 saturated carbocycles. The number of amides is 1. The third kappa shape index (κ3) is 8.21. The van der Waals surface area contributed by atoms with Gasteiger partial charge in [-0.15, -0.1) is 24.0 Å². The van der Waals surface area contributed by atoms with Crippen molar-refractivity contribution in [1.29, 1.82) is 0 Å². The Kier molecular flexibility index (Phi) is 11.6. The lowest BCUT2D eigenvalue weighted by Crippen LogP contribution is -2.38. The van der Waals surface area contributed by atoms with Crippen LogP contribution in [0.5, 0.6) is 11.5 Å². The SMILES string of the molecule is CCNC(=NCCCN1CCCCCC1=O)NCCc1cc(Cl)c2c(c1)OCCO2.I. The van der Waals surface area contributed by atoms with E-state index in [0.29, 0.717) is 48.6 Å². The van der Waals surface area contributed by atoms with E-state index in [4.69, 9.17) is 21.1 Å². The minimum Gasteiger partial charge on any atom is -0.486 e. The van der Waals surface area contributed by atoms with Gasteiger partial charge in [-0.05, 0) is 50.3 Å². The van der Waals surface area contributed by atoms with Gasteiger partial charge in [-0.3, -0.25) is 9.79 Å². The number of halogens is 2. The Bertz CT molecular complexity index is 748. The molecule has 0 bridgehead atoms. The monoisotopic (exact) mass is 564 g/mol. The maximum atomic E-state index is 12.1. The molecule has 7 nitrogen and oxygen atoms in total. The van der Waals surface area contributed by atoms with Gasteiger partial charge in [0, 0.05) is 39.1 Å². The largest absolute Gasteiger partial charge is 0.486 e. The van der Waals surface area contributed by atoms with Crippen molar-refractivity contribution in [3.63, 3.8) is 0 Å². The van der Waals surface area contributed by atoms with Crippen molar-refractivity contribution < 1.29 is 14.3 Å². The summed E-state index contributed by atoms with van der Waals surface area (Å²) < 4.78 is 11.2.